The summed E-state index contributed by atoms with van der Waals surface area (Å²) in [5, 5.41) is 4.14. The normalized spacial score (nSPS) is 11.4. The number of terminal acetylenes is 1. The molecule has 0 amide bonds. The number of nitrogens with zero attached hydrogens (tertiary/aromatic N) is 2. The van der Waals surface area contributed by atoms with Crippen LogP contribution in [0.4, 0.5) is 17.6 Å². The summed E-state index contributed by atoms with van der Waals surface area (Å²) in [4.78, 5) is 0.973. The summed E-state index contributed by atoms with van der Waals surface area (Å²) in [6, 6.07) is 11.9. The Hall–Kier alpha value is -2.72. The molecule has 1 heterocycles. The summed E-state index contributed by atoms with van der Waals surface area (Å²) in [5.74, 6) is 1.67. The zero-order valence-electron chi connectivity index (χ0n) is 14.2. The standard InChI is InChI=1S/C20H14F4N2S/c1-3-12-26-19(20(22,23)24)17(13-4-8-15(21)9-5-13)18(25-26)14-6-10-16(27-2)11-7-14/h1,4-11H,12H2,2H3. The van der Waals surface area contributed by atoms with Gasteiger partial charge in [0, 0.05) is 16.0 Å². The van der Waals surface area contributed by atoms with Gasteiger partial charge in [0.05, 0.1) is 0 Å². The monoisotopic (exact) mass is 390 g/mol. The molecule has 138 valence electrons. The zero-order chi connectivity index (χ0) is 19.6. The van der Waals surface area contributed by atoms with Crippen molar-refractivity contribution in [3.05, 3.63) is 60.0 Å². The fraction of sp³-hybridized carbons (Fsp3) is 0.150. The van der Waals surface area contributed by atoms with Crippen molar-refractivity contribution >= 4 is 11.8 Å². The minimum atomic E-state index is -4.68. The molecule has 0 saturated heterocycles. The first-order chi connectivity index (χ1) is 12.8. The Balaban J connectivity index is 2.31. The zero-order valence-corrected chi connectivity index (χ0v) is 15.0. The average molecular weight is 390 g/mol. The Morgan fingerprint density at radius 2 is 1.63 bits per heavy atom. The molecule has 0 fully saturated rings. The molecule has 0 aliphatic carbocycles. The third kappa shape index (κ3) is 3.86. The molecule has 0 spiro atoms. The lowest BCUT2D eigenvalue weighted by Gasteiger charge is -2.12. The van der Waals surface area contributed by atoms with Crippen LogP contribution in [0.15, 0.2) is 53.4 Å². The molecule has 3 aromatic rings. The molecule has 0 unspecified atom stereocenters. The van der Waals surface area contributed by atoms with E-state index in [1.54, 1.807) is 12.1 Å². The highest BCUT2D eigenvalue weighted by molar-refractivity contribution is 7.98. The van der Waals surface area contributed by atoms with Gasteiger partial charge in [0.1, 0.15) is 18.1 Å². The molecule has 0 bridgehead atoms. The predicted molar refractivity (Wildman–Crippen MR) is 98.7 cm³/mol. The Kier molecular flexibility index (Phi) is 5.29. The molecular weight excluding hydrogens is 376 g/mol. The first-order valence-electron chi connectivity index (χ1n) is 7.87. The molecule has 0 aliphatic rings. The maximum atomic E-state index is 13.8. The molecule has 7 heteroatoms. The number of halogens is 4. The number of aromatic nitrogens is 2. The number of hydrogen-bond acceptors (Lipinski definition) is 2. The number of benzene rings is 2. The maximum Gasteiger partial charge on any atom is 0.433 e. The van der Waals surface area contributed by atoms with Gasteiger partial charge in [-0.1, -0.05) is 30.2 Å². The number of hydrogen-bond donors (Lipinski definition) is 0. The molecule has 0 N–H and O–H groups in total. The Morgan fingerprint density at radius 3 is 2.15 bits per heavy atom. The van der Waals surface area contributed by atoms with Crippen molar-refractivity contribution < 1.29 is 17.6 Å². The van der Waals surface area contributed by atoms with Crippen LogP contribution in [0.1, 0.15) is 5.69 Å². The molecular formula is C20H14F4N2S. The summed E-state index contributed by atoms with van der Waals surface area (Å²) in [6.07, 6.45) is 2.47. The summed E-state index contributed by atoms with van der Waals surface area (Å²) in [5.41, 5.74) is -0.174. The Labute approximate surface area is 158 Å². The number of alkyl halides is 3. The second-order valence-corrected chi connectivity index (χ2v) is 6.55. The summed E-state index contributed by atoms with van der Waals surface area (Å²) in [6.45, 7) is -0.327. The van der Waals surface area contributed by atoms with E-state index >= 15 is 0 Å². The van der Waals surface area contributed by atoms with Gasteiger partial charge in [-0.3, -0.25) is 0 Å². The Morgan fingerprint density at radius 1 is 1.04 bits per heavy atom. The third-order valence-corrected chi connectivity index (χ3v) is 4.70. The van der Waals surface area contributed by atoms with Gasteiger partial charge in [0.15, 0.2) is 5.69 Å². The van der Waals surface area contributed by atoms with Crippen LogP contribution in [0.2, 0.25) is 0 Å². The van der Waals surface area contributed by atoms with E-state index < -0.39 is 17.7 Å². The highest BCUT2D eigenvalue weighted by Gasteiger charge is 2.40. The van der Waals surface area contributed by atoms with Gasteiger partial charge < -0.3 is 0 Å². The van der Waals surface area contributed by atoms with E-state index in [4.69, 9.17) is 6.42 Å². The van der Waals surface area contributed by atoms with Gasteiger partial charge in [-0.2, -0.15) is 18.3 Å². The van der Waals surface area contributed by atoms with Crippen LogP contribution >= 0.6 is 11.8 Å². The van der Waals surface area contributed by atoms with Gasteiger partial charge in [0.2, 0.25) is 0 Å². The second kappa shape index (κ2) is 7.49. The topological polar surface area (TPSA) is 17.8 Å². The lowest BCUT2D eigenvalue weighted by molar-refractivity contribution is -0.143. The first-order valence-corrected chi connectivity index (χ1v) is 9.09. The SMILES string of the molecule is C#CCn1nc(-c2ccc(SC)cc2)c(-c2ccc(F)cc2)c1C(F)(F)F. The van der Waals surface area contributed by atoms with E-state index in [-0.39, 0.29) is 23.4 Å². The van der Waals surface area contributed by atoms with Gasteiger partial charge in [-0.25, -0.2) is 9.07 Å². The van der Waals surface area contributed by atoms with Crippen molar-refractivity contribution in [1.29, 1.82) is 0 Å². The van der Waals surface area contributed by atoms with Gasteiger partial charge in [-0.05, 0) is 36.1 Å². The number of rotatable bonds is 4. The van der Waals surface area contributed by atoms with Gasteiger partial charge >= 0.3 is 6.18 Å². The van der Waals surface area contributed by atoms with Crippen LogP contribution in [0.25, 0.3) is 22.4 Å². The second-order valence-electron chi connectivity index (χ2n) is 5.67. The van der Waals surface area contributed by atoms with Crippen molar-refractivity contribution in [2.75, 3.05) is 6.26 Å². The van der Waals surface area contributed by atoms with E-state index in [9.17, 15) is 17.6 Å². The summed E-state index contributed by atoms with van der Waals surface area (Å²) < 4.78 is 55.6. The van der Waals surface area contributed by atoms with Crippen LogP contribution in [0.3, 0.4) is 0 Å². The third-order valence-electron chi connectivity index (χ3n) is 3.96. The maximum absolute atomic E-state index is 13.8. The van der Waals surface area contributed by atoms with Crippen molar-refractivity contribution in [3.8, 4) is 34.7 Å². The van der Waals surface area contributed by atoms with Crippen molar-refractivity contribution in [2.45, 2.75) is 17.6 Å². The molecule has 0 atom stereocenters. The lowest BCUT2D eigenvalue weighted by atomic mass is 9.98. The van der Waals surface area contributed by atoms with Gasteiger partial charge in [0.25, 0.3) is 0 Å². The van der Waals surface area contributed by atoms with Crippen LogP contribution in [-0.2, 0) is 12.7 Å². The van der Waals surface area contributed by atoms with E-state index in [0.29, 0.717) is 5.56 Å². The summed E-state index contributed by atoms with van der Waals surface area (Å²) >= 11 is 1.52. The molecule has 27 heavy (non-hydrogen) atoms. The van der Waals surface area contributed by atoms with Crippen molar-refractivity contribution in [2.24, 2.45) is 0 Å². The fourth-order valence-corrected chi connectivity index (χ4v) is 3.20. The Bertz CT molecular complexity index is 981. The smallest absolute Gasteiger partial charge is 0.247 e. The average Bonchev–Trinajstić information content (AvgIpc) is 3.02. The minimum absolute atomic E-state index is 0.116. The molecule has 2 nitrogen and oxygen atoms in total. The summed E-state index contributed by atoms with van der Waals surface area (Å²) in [7, 11) is 0. The van der Waals surface area contributed by atoms with Crippen LogP contribution in [0, 0.1) is 18.2 Å². The van der Waals surface area contributed by atoms with Crippen molar-refractivity contribution in [3.63, 3.8) is 0 Å². The fourth-order valence-electron chi connectivity index (χ4n) is 2.79. The molecule has 0 saturated carbocycles. The van der Waals surface area contributed by atoms with Crippen LogP contribution < -0.4 is 0 Å². The quantitative estimate of drug-likeness (QED) is 0.322. The molecule has 1 aromatic heterocycles. The highest BCUT2D eigenvalue weighted by atomic mass is 32.2. The molecule has 0 aliphatic heterocycles. The predicted octanol–water partition coefficient (Wildman–Crippen LogP) is 5.73. The lowest BCUT2D eigenvalue weighted by Crippen LogP contribution is -2.15. The first kappa shape index (κ1) is 19.1. The minimum Gasteiger partial charge on any atom is -0.247 e. The molecule has 0 radical (unpaired) electrons. The van der Waals surface area contributed by atoms with E-state index in [2.05, 4.69) is 11.0 Å². The van der Waals surface area contributed by atoms with Crippen LogP contribution in [0.5, 0.6) is 0 Å². The van der Waals surface area contributed by atoms with Gasteiger partial charge in [-0.15, -0.1) is 18.2 Å². The van der Waals surface area contributed by atoms with E-state index in [0.717, 1.165) is 21.7 Å². The van der Waals surface area contributed by atoms with E-state index in [1.165, 1.54) is 23.9 Å². The number of thioether (sulfide) groups is 1. The van der Waals surface area contributed by atoms with Crippen LogP contribution in [-0.4, -0.2) is 16.0 Å². The largest absolute Gasteiger partial charge is 0.433 e. The van der Waals surface area contributed by atoms with E-state index in [1.807, 2.05) is 18.4 Å². The highest BCUT2D eigenvalue weighted by Crippen LogP contribution is 2.42. The molecule has 3 rings (SSSR count). The molecule has 2 aromatic carbocycles. The van der Waals surface area contributed by atoms with Crippen molar-refractivity contribution in [1.82, 2.24) is 9.78 Å².